The van der Waals surface area contributed by atoms with Gasteiger partial charge in [0.2, 0.25) is 5.91 Å². The van der Waals surface area contributed by atoms with Crippen LogP contribution in [0.3, 0.4) is 0 Å². The fourth-order valence-electron chi connectivity index (χ4n) is 6.44. The number of carbonyl (C=O) groups is 2. The minimum Gasteiger partial charge on any atom is -0.473 e. The Kier molecular flexibility index (Phi) is 6.63. The van der Waals surface area contributed by atoms with Gasteiger partial charge in [-0.25, -0.2) is 9.37 Å². The summed E-state index contributed by atoms with van der Waals surface area (Å²) in [7, 11) is 3.33. The lowest BCUT2D eigenvalue weighted by molar-refractivity contribution is -0.489. The zero-order valence-electron chi connectivity index (χ0n) is 25.2. The molecule has 1 N–H and O–H groups in total. The van der Waals surface area contributed by atoms with Crippen LogP contribution in [0.25, 0.3) is 11.8 Å². The molecule has 0 saturated heterocycles. The van der Waals surface area contributed by atoms with E-state index in [-0.39, 0.29) is 24.5 Å². The molecule has 0 saturated carbocycles. The van der Waals surface area contributed by atoms with Gasteiger partial charge in [0, 0.05) is 43.8 Å². The minimum absolute atomic E-state index is 0.0185. The van der Waals surface area contributed by atoms with E-state index in [0.717, 1.165) is 29.1 Å². The maximum absolute atomic E-state index is 15.5. The van der Waals surface area contributed by atoms with E-state index in [1.807, 2.05) is 32.3 Å². The molecule has 12 heteroatoms. The summed E-state index contributed by atoms with van der Waals surface area (Å²) < 4.78 is 30.2. The Morgan fingerprint density at radius 2 is 2.02 bits per heavy atom. The molecule has 42 heavy (non-hydrogen) atoms. The first-order chi connectivity index (χ1) is 19.7. The van der Waals surface area contributed by atoms with E-state index in [1.54, 1.807) is 31.1 Å². The lowest BCUT2D eigenvalue weighted by atomic mass is 9.77. The van der Waals surface area contributed by atoms with E-state index in [9.17, 15) is 9.59 Å². The largest absolute Gasteiger partial charge is 0.597 e. The normalized spacial score (nSPS) is 26.8. The summed E-state index contributed by atoms with van der Waals surface area (Å²) in [6.07, 6.45) is 7.53. The second-order valence-electron chi connectivity index (χ2n) is 13.1. The number of rotatable bonds is 4. The molecule has 2 aliphatic heterocycles. The zero-order chi connectivity index (χ0) is 30.2. The highest BCUT2D eigenvalue weighted by Crippen LogP contribution is 2.46. The lowest BCUT2D eigenvalue weighted by Crippen LogP contribution is -2.49. The van der Waals surface area contributed by atoms with E-state index in [2.05, 4.69) is 21.4 Å². The molecule has 3 unspecified atom stereocenters. The third-order valence-corrected chi connectivity index (χ3v) is 9.47. The summed E-state index contributed by atoms with van der Waals surface area (Å²) in [5.74, 6) is -0.245. The molecule has 2 bridgehead atoms. The first kappa shape index (κ1) is 28.6. The van der Waals surface area contributed by atoms with Crippen LogP contribution >= 0.6 is 11.3 Å². The summed E-state index contributed by atoms with van der Waals surface area (Å²) in [5, 5.41) is 7.78. The number of halogens is 1. The number of ether oxygens (including phenoxy) is 2. The SMILES string of the molecule is COc1nc2c(s1)C(N1CC3=[N+](C(=O)OC(C)(C)C)C(CC3)C1)=CCC2(C)C(=O)NC1=Cc2cn(C)nc2C(C)(F)C1. The summed E-state index contributed by atoms with van der Waals surface area (Å²) in [4.78, 5) is 34.8. The molecule has 2 aromatic rings. The van der Waals surface area contributed by atoms with Crippen LogP contribution in [0.5, 0.6) is 5.19 Å². The third kappa shape index (κ3) is 4.83. The molecule has 224 valence electrons. The zero-order valence-corrected chi connectivity index (χ0v) is 26.0. The van der Waals surface area contributed by atoms with Crippen molar-refractivity contribution in [1.29, 1.82) is 0 Å². The van der Waals surface area contributed by atoms with Crippen molar-refractivity contribution < 1.29 is 28.0 Å². The number of carbonyl (C=O) groups excluding carboxylic acids is 2. The molecule has 10 nitrogen and oxygen atoms in total. The Hall–Kier alpha value is -3.54. The van der Waals surface area contributed by atoms with Crippen LogP contribution in [-0.2, 0) is 27.7 Å². The lowest BCUT2D eigenvalue weighted by Gasteiger charge is -2.36. The molecule has 0 aromatic carbocycles. The van der Waals surface area contributed by atoms with Crippen molar-refractivity contribution >= 4 is 40.8 Å². The number of hydrogen-bond acceptors (Lipinski definition) is 8. The number of aryl methyl sites for hydroxylation is 1. The fourth-order valence-corrected chi connectivity index (χ4v) is 7.52. The standard InChI is InChI=1S/C30H37FN6O4S/c1-28(2,3)41-27(39)37-19-8-9-20(37)16-36(15-19)21-10-11-29(4,24-22(21)42-26(33-24)40-7)25(38)32-18-12-17-14-35(6)34-23(17)30(5,31)13-18/h10,12,14,19H,8-9,11,13,15-16H2,1-7H3/p+1. The maximum Gasteiger partial charge on any atom is 0.597 e. The van der Waals surface area contributed by atoms with Crippen LogP contribution in [0.4, 0.5) is 9.18 Å². The van der Waals surface area contributed by atoms with Crippen molar-refractivity contribution in [2.75, 3.05) is 20.2 Å². The maximum atomic E-state index is 15.5. The van der Waals surface area contributed by atoms with Gasteiger partial charge in [-0.05, 0) is 47.1 Å². The van der Waals surface area contributed by atoms with Crippen LogP contribution in [0.15, 0.2) is 18.0 Å². The Bertz CT molecular complexity index is 1580. The van der Waals surface area contributed by atoms with Gasteiger partial charge in [-0.2, -0.15) is 9.89 Å². The van der Waals surface area contributed by atoms with Gasteiger partial charge in [0.15, 0.2) is 17.4 Å². The topological polar surface area (TPSA) is 102 Å². The van der Waals surface area contributed by atoms with Crippen LogP contribution in [-0.4, -0.2) is 73.8 Å². The van der Waals surface area contributed by atoms with Gasteiger partial charge in [0.1, 0.15) is 11.3 Å². The average Bonchev–Trinajstić information content (AvgIpc) is 3.57. The Balaban J connectivity index is 1.27. The monoisotopic (exact) mass is 597 g/mol. The van der Waals surface area contributed by atoms with Crippen molar-refractivity contribution in [2.45, 2.75) is 83.0 Å². The van der Waals surface area contributed by atoms with Crippen molar-refractivity contribution in [3.63, 3.8) is 0 Å². The summed E-state index contributed by atoms with van der Waals surface area (Å²) in [6.45, 7) is 10.3. The number of likely N-dealkylation sites (tertiary alicyclic amines) is 1. The molecule has 2 aliphatic carbocycles. The summed E-state index contributed by atoms with van der Waals surface area (Å²) in [6, 6.07) is 0.0185. The number of amides is 2. The van der Waals surface area contributed by atoms with Crippen molar-refractivity contribution in [2.24, 2.45) is 7.05 Å². The average molecular weight is 598 g/mol. The molecule has 3 atom stereocenters. The quantitative estimate of drug-likeness (QED) is 0.518. The van der Waals surface area contributed by atoms with E-state index < -0.39 is 16.7 Å². The van der Waals surface area contributed by atoms with E-state index >= 15 is 4.39 Å². The number of allylic oxidation sites excluding steroid dienone is 2. The number of alkyl halides is 1. The molecule has 0 fully saturated rings. The minimum atomic E-state index is -1.69. The molecule has 0 radical (unpaired) electrons. The van der Waals surface area contributed by atoms with E-state index in [1.165, 1.54) is 18.3 Å². The molecule has 4 heterocycles. The van der Waals surface area contributed by atoms with Gasteiger partial charge in [0.25, 0.3) is 5.19 Å². The van der Waals surface area contributed by atoms with Crippen molar-refractivity contribution in [3.05, 3.63) is 39.8 Å². The number of fused-ring (bicyclic) bond motifs is 3. The molecular weight excluding hydrogens is 559 g/mol. The number of hydrogen-bond donors (Lipinski definition) is 1. The Labute approximate surface area is 248 Å². The number of aromatic nitrogens is 3. The fraction of sp³-hybridized carbons (Fsp3) is 0.567. The van der Waals surface area contributed by atoms with Gasteiger partial charge in [-0.3, -0.25) is 9.48 Å². The number of nitrogens with zero attached hydrogens (tertiary/aromatic N) is 5. The van der Waals surface area contributed by atoms with E-state index in [0.29, 0.717) is 47.4 Å². The molecule has 2 aromatic heterocycles. The molecular formula is C30H38FN6O4S+. The Morgan fingerprint density at radius 1 is 1.26 bits per heavy atom. The van der Waals surface area contributed by atoms with Crippen LogP contribution in [0, 0.1) is 0 Å². The highest BCUT2D eigenvalue weighted by molar-refractivity contribution is 7.14. The van der Waals surface area contributed by atoms with Gasteiger partial charge in [-0.1, -0.05) is 17.4 Å². The highest BCUT2D eigenvalue weighted by Gasteiger charge is 2.49. The molecule has 2 amide bonds. The highest BCUT2D eigenvalue weighted by atomic mass is 32.1. The molecule has 0 spiro atoms. The van der Waals surface area contributed by atoms with Gasteiger partial charge in [0.05, 0.1) is 41.9 Å². The molecule has 6 rings (SSSR count). The van der Waals surface area contributed by atoms with Crippen LogP contribution in [0.1, 0.15) is 82.1 Å². The van der Waals surface area contributed by atoms with Crippen LogP contribution < -0.4 is 10.1 Å². The number of methoxy groups -OCH3 is 1. The predicted octanol–water partition coefficient (Wildman–Crippen LogP) is 4.50. The first-order valence-corrected chi connectivity index (χ1v) is 15.1. The van der Waals surface area contributed by atoms with Gasteiger partial charge in [-0.15, -0.1) is 4.58 Å². The number of thiazole rings is 1. The summed E-state index contributed by atoms with van der Waals surface area (Å²) in [5.41, 5.74) is 0.996. The van der Waals surface area contributed by atoms with Gasteiger partial charge < -0.3 is 19.7 Å². The van der Waals surface area contributed by atoms with Crippen molar-refractivity contribution in [1.82, 2.24) is 25.0 Å². The second-order valence-corrected chi connectivity index (χ2v) is 14.0. The predicted molar refractivity (Wildman–Crippen MR) is 157 cm³/mol. The Morgan fingerprint density at radius 3 is 2.71 bits per heavy atom. The summed E-state index contributed by atoms with van der Waals surface area (Å²) >= 11 is 1.41. The second kappa shape index (κ2) is 9.75. The number of nitrogens with one attached hydrogen (secondary N) is 1. The molecule has 4 aliphatic rings. The van der Waals surface area contributed by atoms with E-state index in [4.69, 9.17) is 14.5 Å². The third-order valence-electron chi connectivity index (χ3n) is 8.43. The first-order valence-electron chi connectivity index (χ1n) is 14.3. The van der Waals surface area contributed by atoms with Gasteiger partial charge >= 0.3 is 6.09 Å². The smallest absolute Gasteiger partial charge is 0.473 e. The van der Waals surface area contributed by atoms with Crippen molar-refractivity contribution in [3.8, 4) is 5.19 Å². The van der Waals surface area contributed by atoms with Crippen LogP contribution in [0.2, 0.25) is 0 Å².